The van der Waals surface area contributed by atoms with Crippen molar-refractivity contribution in [1.82, 2.24) is 0 Å². The quantitative estimate of drug-likeness (QED) is 0.459. The van der Waals surface area contributed by atoms with Crippen molar-refractivity contribution in [3.63, 3.8) is 0 Å². The van der Waals surface area contributed by atoms with Crippen molar-refractivity contribution in [2.45, 2.75) is 128 Å². The molecule has 2 nitrogen and oxygen atoms in total. The summed E-state index contributed by atoms with van der Waals surface area (Å²) in [6.07, 6.45) is 24.5. The molecule has 0 aliphatic heterocycles. The molecule has 2 heteroatoms. The zero-order valence-electron chi connectivity index (χ0n) is 16.9. The van der Waals surface area contributed by atoms with Crippen LogP contribution in [0.4, 0.5) is 0 Å². The van der Waals surface area contributed by atoms with Gasteiger partial charge in [-0.15, -0.1) is 0 Å². The highest BCUT2D eigenvalue weighted by molar-refractivity contribution is 5.96. The second-order valence-corrected chi connectivity index (χ2v) is 8.82. The van der Waals surface area contributed by atoms with Gasteiger partial charge >= 0.3 is 0 Å². The fourth-order valence-corrected chi connectivity index (χ4v) is 5.09. The van der Waals surface area contributed by atoms with Gasteiger partial charge in [0.1, 0.15) is 0 Å². The van der Waals surface area contributed by atoms with Crippen molar-refractivity contribution in [3.05, 3.63) is 11.1 Å². The van der Waals surface area contributed by atoms with Gasteiger partial charge < -0.3 is 0 Å². The number of hydrogen-bond donors (Lipinski definition) is 0. The van der Waals surface area contributed by atoms with E-state index in [1.807, 2.05) is 0 Å². The summed E-state index contributed by atoms with van der Waals surface area (Å²) in [4.78, 5) is 16.5. The Morgan fingerprint density at radius 3 is 1.77 bits per heavy atom. The second-order valence-electron chi connectivity index (χ2n) is 8.82. The van der Waals surface area contributed by atoms with Gasteiger partial charge in [-0.2, -0.15) is 0 Å². The Morgan fingerprint density at radius 1 is 0.577 bits per heavy atom. The van der Waals surface area contributed by atoms with E-state index in [0.717, 1.165) is 19.3 Å². The third-order valence-corrected chi connectivity index (χ3v) is 6.67. The molecule has 0 aromatic carbocycles. The van der Waals surface area contributed by atoms with E-state index in [1.54, 1.807) is 0 Å². The van der Waals surface area contributed by atoms with Gasteiger partial charge in [0.25, 0.3) is 0 Å². The minimum atomic E-state index is 0.461. The summed E-state index contributed by atoms with van der Waals surface area (Å²) >= 11 is 0. The molecule has 0 spiro atoms. The van der Waals surface area contributed by atoms with E-state index in [4.69, 9.17) is 4.99 Å². The monoisotopic (exact) mass is 357 g/mol. The number of carbonyl (C=O) groups is 1. The third kappa shape index (κ3) is 6.35. The van der Waals surface area contributed by atoms with Crippen molar-refractivity contribution in [3.8, 4) is 0 Å². The van der Waals surface area contributed by atoms with Crippen LogP contribution in [0, 0.1) is 0 Å². The third-order valence-electron chi connectivity index (χ3n) is 6.67. The van der Waals surface area contributed by atoms with Crippen LogP contribution in [0.1, 0.15) is 122 Å². The Kier molecular flexibility index (Phi) is 8.42. The Hall–Kier alpha value is -0.920. The van der Waals surface area contributed by atoms with Gasteiger partial charge in [0, 0.05) is 18.2 Å². The second kappa shape index (κ2) is 11.0. The van der Waals surface area contributed by atoms with Gasteiger partial charge in [-0.3, -0.25) is 9.79 Å². The molecule has 146 valence electrons. The Morgan fingerprint density at radius 2 is 1.12 bits per heavy atom. The zero-order valence-corrected chi connectivity index (χ0v) is 16.9. The van der Waals surface area contributed by atoms with Gasteiger partial charge in [0.15, 0.2) is 5.78 Å². The molecule has 0 N–H and O–H groups in total. The van der Waals surface area contributed by atoms with Crippen molar-refractivity contribution >= 4 is 11.5 Å². The van der Waals surface area contributed by atoms with Crippen LogP contribution in [0.15, 0.2) is 16.1 Å². The highest BCUT2D eigenvalue weighted by atomic mass is 16.1. The van der Waals surface area contributed by atoms with Gasteiger partial charge in [-0.25, -0.2) is 0 Å². The standard InChI is InChI=1S/C12H21N.C12H18O/c1-3-7-11(8-4-1)13-12-9-5-2-6-10-12;13-12-9-5-4-8-11(12)10-6-2-1-3-7-10/h11H,1-10H2;1-9H2. The molecule has 0 radical (unpaired) electrons. The molecule has 0 atom stereocenters. The minimum absolute atomic E-state index is 0.461. The van der Waals surface area contributed by atoms with E-state index in [2.05, 4.69) is 0 Å². The summed E-state index contributed by atoms with van der Waals surface area (Å²) in [6, 6.07) is 0.710. The summed E-state index contributed by atoms with van der Waals surface area (Å²) in [5, 5.41) is 0. The molecule has 0 bridgehead atoms. The average molecular weight is 358 g/mol. The first-order valence-corrected chi connectivity index (χ1v) is 11.6. The molecule has 0 aromatic rings. The number of carbonyl (C=O) groups excluding carboxylic acids is 1. The van der Waals surface area contributed by atoms with Crippen LogP contribution in [-0.2, 0) is 4.79 Å². The number of ketones is 1. The summed E-state index contributed by atoms with van der Waals surface area (Å²) in [6.45, 7) is 0. The molecule has 4 aliphatic carbocycles. The van der Waals surface area contributed by atoms with Crippen LogP contribution in [0.2, 0.25) is 0 Å². The molecule has 0 heterocycles. The molecule has 0 aromatic heterocycles. The number of hydrogen-bond acceptors (Lipinski definition) is 2. The number of aliphatic imine (C=N–C) groups is 1. The lowest BCUT2D eigenvalue weighted by Crippen LogP contribution is -2.14. The largest absolute Gasteiger partial charge is 0.295 e. The Labute approximate surface area is 160 Å². The maximum absolute atomic E-state index is 11.6. The minimum Gasteiger partial charge on any atom is -0.295 e. The number of allylic oxidation sites excluding steroid dienone is 2. The Balaban J connectivity index is 0.000000151. The number of nitrogens with zero attached hydrogens (tertiary/aromatic N) is 1. The van der Waals surface area contributed by atoms with E-state index in [0.29, 0.717) is 11.8 Å². The molecule has 4 rings (SSSR count). The first-order chi connectivity index (χ1) is 12.8. The first-order valence-electron chi connectivity index (χ1n) is 11.6. The maximum Gasteiger partial charge on any atom is 0.158 e. The van der Waals surface area contributed by atoms with Crippen LogP contribution >= 0.6 is 0 Å². The molecular weight excluding hydrogens is 318 g/mol. The molecule has 26 heavy (non-hydrogen) atoms. The molecule has 0 unspecified atom stereocenters. The normalized spacial score (nSPS) is 25.5. The predicted molar refractivity (Wildman–Crippen MR) is 111 cm³/mol. The van der Waals surface area contributed by atoms with Gasteiger partial charge in [-0.1, -0.05) is 37.7 Å². The van der Waals surface area contributed by atoms with Crippen LogP contribution in [-0.4, -0.2) is 17.5 Å². The molecule has 4 fully saturated rings. The van der Waals surface area contributed by atoms with Crippen molar-refractivity contribution < 1.29 is 4.79 Å². The number of rotatable bonds is 1. The summed E-state index contributed by atoms with van der Waals surface area (Å²) in [7, 11) is 0. The van der Waals surface area contributed by atoms with Crippen molar-refractivity contribution in [2.75, 3.05) is 0 Å². The molecule has 0 amide bonds. The van der Waals surface area contributed by atoms with E-state index in [9.17, 15) is 4.79 Å². The predicted octanol–water partition coefficient (Wildman–Crippen LogP) is 7.11. The fourth-order valence-electron chi connectivity index (χ4n) is 5.09. The van der Waals surface area contributed by atoms with Crippen LogP contribution in [0.5, 0.6) is 0 Å². The smallest absolute Gasteiger partial charge is 0.158 e. The SMILES string of the molecule is C1CCC(=NC2CCCCC2)CC1.O=C1CCCCC1=C1CCCCC1. The highest BCUT2D eigenvalue weighted by Crippen LogP contribution is 2.31. The lowest BCUT2D eigenvalue weighted by Gasteiger charge is -2.21. The van der Waals surface area contributed by atoms with Crippen LogP contribution in [0.25, 0.3) is 0 Å². The lowest BCUT2D eigenvalue weighted by molar-refractivity contribution is -0.116. The fraction of sp³-hybridized carbons (Fsp3) is 0.833. The van der Waals surface area contributed by atoms with Gasteiger partial charge in [0.05, 0.1) is 0 Å². The van der Waals surface area contributed by atoms with E-state index in [-0.39, 0.29) is 0 Å². The van der Waals surface area contributed by atoms with Crippen LogP contribution in [0.3, 0.4) is 0 Å². The first kappa shape index (κ1) is 19.8. The average Bonchev–Trinajstić information content (AvgIpc) is 2.71. The highest BCUT2D eigenvalue weighted by Gasteiger charge is 2.20. The van der Waals surface area contributed by atoms with Gasteiger partial charge in [-0.05, 0) is 89.0 Å². The van der Waals surface area contributed by atoms with E-state index >= 15 is 0 Å². The summed E-state index contributed by atoms with van der Waals surface area (Å²) in [5.41, 5.74) is 4.28. The lowest BCUT2D eigenvalue weighted by atomic mass is 9.84. The van der Waals surface area contributed by atoms with E-state index < -0.39 is 0 Å². The van der Waals surface area contributed by atoms with E-state index in [1.165, 1.54) is 120 Å². The molecule has 0 saturated heterocycles. The number of Topliss-reactive ketones (excluding diaryl/α,β-unsaturated/α-hetero) is 1. The zero-order chi connectivity index (χ0) is 18.0. The van der Waals surface area contributed by atoms with Gasteiger partial charge in [0.2, 0.25) is 0 Å². The van der Waals surface area contributed by atoms with Crippen molar-refractivity contribution in [2.24, 2.45) is 4.99 Å². The topological polar surface area (TPSA) is 29.4 Å². The summed E-state index contributed by atoms with van der Waals surface area (Å²) in [5.74, 6) is 0.461. The molecule has 4 saturated carbocycles. The van der Waals surface area contributed by atoms with Crippen molar-refractivity contribution in [1.29, 1.82) is 0 Å². The maximum atomic E-state index is 11.6. The molecular formula is C24H39NO. The van der Waals surface area contributed by atoms with Crippen LogP contribution < -0.4 is 0 Å². The summed E-state index contributed by atoms with van der Waals surface area (Å²) < 4.78 is 0. The Bertz CT molecular complexity index is 492. The molecule has 4 aliphatic rings.